The van der Waals surface area contributed by atoms with Crippen LogP contribution in [-0.4, -0.2) is 10.1 Å². The van der Waals surface area contributed by atoms with Crippen molar-refractivity contribution in [3.05, 3.63) is 35.5 Å². The van der Waals surface area contributed by atoms with Gasteiger partial charge in [-0.05, 0) is 55.5 Å². The third-order valence-corrected chi connectivity index (χ3v) is 3.08. The zero-order valence-electron chi connectivity index (χ0n) is 8.53. The number of benzene rings is 1. The summed E-state index contributed by atoms with van der Waals surface area (Å²) in [6.45, 7) is 0. The fourth-order valence-corrected chi connectivity index (χ4v) is 2.29. The van der Waals surface area contributed by atoms with Crippen LogP contribution < -0.4 is 0 Å². The molecule has 2 aromatic rings. The highest BCUT2D eigenvalue weighted by Crippen LogP contribution is 2.25. The maximum absolute atomic E-state index is 9.41. The quantitative estimate of drug-likeness (QED) is 0.707. The van der Waals surface area contributed by atoms with E-state index in [9.17, 15) is 5.11 Å². The average Bonchev–Trinajstić information content (AvgIpc) is 2.26. The summed E-state index contributed by atoms with van der Waals surface area (Å²) in [6, 6.07) is 7.55. The van der Waals surface area contributed by atoms with Crippen molar-refractivity contribution in [2.75, 3.05) is 0 Å². The molecule has 0 amide bonds. The maximum atomic E-state index is 9.41. The molecular formula is C13H13NO. The van der Waals surface area contributed by atoms with Gasteiger partial charge in [-0.15, -0.1) is 0 Å². The predicted octanol–water partition coefficient (Wildman–Crippen LogP) is 2.82. The van der Waals surface area contributed by atoms with E-state index in [4.69, 9.17) is 0 Å². The van der Waals surface area contributed by atoms with Gasteiger partial charge < -0.3 is 5.11 Å². The van der Waals surface area contributed by atoms with Gasteiger partial charge in [-0.3, -0.25) is 4.98 Å². The van der Waals surface area contributed by atoms with Crippen LogP contribution in [0.4, 0.5) is 0 Å². The molecule has 1 aliphatic rings. The summed E-state index contributed by atoms with van der Waals surface area (Å²) in [5.74, 6) is 0.319. The largest absolute Gasteiger partial charge is 0.508 e. The van der Waals surface area contributed by atoms with Gasteiger partial charge in [0.15, 0.2) is 0 Å². The second kappa shape index (κ2) is 3.23. The Balaban J connectivity index is 2.26. The third-order valence-electron chi connectivity index (χ3n) is 3.08. The van der Waals surface area contributed by atoms with Gasteiger partial charge in [0.25, 0.3) is 0 Å². The van der Waals surface area contributed by atoms with E-state index in [0.717, 1.165) is 23.7 Å². The van der Waals surface area contributed by atoms with Crippen molar-refractivity contribution < 1.29 is 5.11 Å². The van der Waals surface area contributed by atoms with E-state index in [1.807, 2.05) is 6.07 Å². The molecule has 0 fully saturated rings. The van der Waals surface area contributed by atoms with E-state index < -0.39 is 0 Å². The van der Waals surface area contributed by atoms with E-state index in [1.165, 1.54) is 24.1 Å². The SMILES string of the molecule is Oc1ccc2nc3c(cc2c1)CCCC3. The Morgan fingerprint density at radius 1 is 1.07 bits per heavy atom. The number of fused-ring (bicyclic) bond motifs is 2. The molecule has 1 aromatic heterocycles. The van der Waals surface area contributed by atoms with Crippen molar-refractivity contribution >= 4 is 10.9 Å². The Bertz CT molecular complexity index is 519. The first kappa shape index (κ1) is 8.72. The molecular weight excluding hydrogens is 186 g/mol. The molecule has 15 heavy (non-hydrogen) atoms. The summed E-state index contributed by atoms with van der Waals surface area (Å²) in [6.07, 6.45) is 4.75. The topological polar surface area (TPSA) is 33.1 Å². The molecule has 0 saturated carbocycles. The Morgan fingerprint density at radius 3 is 2.87 bits per heavy atom. The molecule has 3 rings (SSSR count). The Labute approximate surface area is 88.6 Å². The summed E-state index contributed by atoms with van der Waals surface area (Å²) in [5, 5.41) is 10.5. The zero-order chi connectivity index (χ0) is 10.3. The van der Waals surface area contributed by atoms with Crippen molar-refractivity contribution in [3.63, 3.8) is 0 Å². The first-order valence-electron chi connectivity index (χ1n) is 5.44. The normalized spacial score (nSPS) is 15.2. The highest BCUT2D eigenvalue weighted by molar-refractivity contribution is 5.81. The van der Waals surface area contributed by atoms with E-state index in [1.54, 1.807) is 12.1 Å². The fraction of sp³-hybridized carbons (Fsp3) is 0.308. The lowest BCUT2D eigenvalue weighted by molar-refractivity contribution is 0.476. The van der Waals surface area contributed by atoms with Crippen LogP contribution in [0.1, 0.15) is 24.1 Å². The molecule has 1 aromatic carbocycles. The van der Waals surface area contributed by atoms with Crippen LogP contribution in [0.25, 0.3) is 10.9 Å². The minimum Gasteiger partial charge on any atom is -0.508 e. The summed E-state index contributed by atoms with van der Waals surface area (Å²) >= 11 is 0. The van der Waals surface area contributed by atoms with E-state index in [-0.39, 0.29) is 0 Å². The number of pyridine rings is 1. The summed E-state index contributed by atoms with van der Waals surface area (Å²) in [7, 11) is 0. The number of aromatic hydroxyl groups is 1. The Morgan fingerprint density at radius 2 is 1.93 bits per heavy atom. The number of phenols is 1. The number of aromatic nitrogens is 1. The average molecular weight is 199 g/mol. The molecule has 0 spiro atoms. The van der Waals surface area contributed by atoms with E-state index in [2.05, 4.69) is 11.1 Å². The van der Waals surface area contributed by atoms with Crippen LogP contribution >= 0.6 is 0 Å². The van der Waals surface area contributed by atoms with Crippen LogP contribution in [0.15, 0.2) is 24.3 Å². The number of aryl methyl sites for hydroxylation is 2. The van der Waals surface area contributed by atoms with Gasteiger partial charge in [-0.25, -0.2) is 0 Å². The highest BCUT2D eigenvalue weighted by atomic mass is 16.3. The van der Waals surface area contributed by atoms with Gasteiger partial charge in [0.1, 0.15) is 5.75 Å². The molecule has 1 heterocycles. The summed E-state index contributed by atoms with van der Waals surface area (Å²) in [4.78, 5) is 4.65. The highest BCUT2D eigenvalue weighted by Gasteiger charge is 2.11. The van der Waals surface area contributed by atoms with Crippen LogP contribution in [0, 0.1) is 0 Å². The molecule has 0 bridgehead atoms. The lowest BCUT2D eigenvalue weighted by atomic mass is 9.95. The third kappa shape index (κ3) is 1.46. The predicted molar refractivity (Wildman–Crippen MR) is 60.0 cm³/mol. The van der Waals surface area contributed by atoms with Crippen molar-refractivity contribution in [2.24, 2.45) is 0 Å². The number of hydrogen-bond acceptors (Lipinski definition) is 2. The number of phenolic OH excluding ortho intramolecular Hbond substituents is 1. The molecule has 0 atom stereocenters. The Kier molecular flexibility index (Phi) is 1.88. The second-order valence-electron chi connectivity index (χ2n) is 4.18. The summed E-state index contributed by atoms with van der Waals surface area (Å²) < 4.78 is 0. The molecule has 1 N–H and O–H groups in total. The van der Waals surface area contributed by atoms with Crippen molar-refractivity contribution in [1.29, 1.82) is 0 Å². The minimum absolute atomic E-state index is 0.319. The molecule has 76 valence electrons. The van der Waals surface area contributed by atoms with Crippen molar-refractivity contribution in [1.82, 2.24) is 4.98 Å². The van der Waals surface area contributed by atoms with Crippen LogP contribution in [0.2, 0.25) is 0 Å². The standard InChI is InChI=1S/C13H13NO/c15-11-5-6-13-10(8-11)7-9-3-1-2-4-12(9)14-13/h5-8,15H,1-4H2. The van der Waals surface area contributed by atoms with Crippen LogP contribution in [-0.2, 0) is 12.8 Å². The number of rotatable bonds is 0. The van der Waals surface area contributed by atoms with Gasteiger partial charge in [0.2, 0.25) is 0 Å². The second-order valence-corrected chi connectivity index (χ2v) is 4.18. The van der Waals surface area contributed by atoms with Crippen molar-refractivity contribution in [2.45, 2.75) is 25.7 Å². The molecule has 2 nitrogen and oxygen atoms in total. The first-order valence-corrected chi connectivity index (χ1v) is 5.44. The van der Waals surface area contributed by atoms with Gasteiger partial charge >= 0.3 is 0 Å². The number of hydrogen-bond donors (Lipinski definition) is 1. The van der Waals surface area contributed by atoms with Gasteiger partial charge in [0, 0.05) is 11.1 Å². The van der Waals surface area contributed by atoms with E-state index >= 15 is 0 Å². The first-order chi connectivity index (χ1) is 7.33. The maximum Gasteiger partial charge on any atom is 0.116 e. The zero-order valence-corrected chi connectivity index (χ0v) is 8.53. The smallest absolute Gasteiger partial charge is 0.116 e. The molecule has 0 aliphatic heterocycles. The van der Waals surface area contributed by atoms with Gasteiger partial charge in [-0.1, -0.05) is 0 Å². The molecule has 0 unspecified atom stereocenters. The molecule has 2 heteroatoms. The fourth-order valence-electron chi connectivity index (χ4n) is 2.29. The number of nitrogens with zero attached hydrogens (tertiary/aromatic N) is 1. The lowest BCUT2D eigenvalue weighted by Gasteiger charge is -2.15. The summed E-state index contributed by atoms with van der Waals surface area (Å²) in [5.41, 5.74) is 3.60. The van der Waals surface area contributed by atoms with Gasteiger partial charge in [0.05, 0.1) is 5.52 Å². The Hall–Kier alpha value is -1.57. The molecule has 1 aliphatic carbocycles. The monoisotopic (exact) mass is 199 g/mol. The van der Waals surface area contributed by atoms with E-state index in [0.29, 0.717) is 5.75 Å². The molecule has 0 radical (unpaired) electrons. The molecule has 0 saturated heterocycles. The van der Waals surface area contributed by atoms with Crippen LogP contribution in [0.3, 0.4) is 0 Å². The lowest BCUT2D eigenvalue weighted by Crippen LogP contribution is -2.05. The van der Waals surface area contributed by atoms with Crippen LogP contribution in [0.5, 0.6) is 5.75 Å². The van der Waals surface area contributed by atoms with Crippen molar-refractivity contribution in [3.8, 4) is 5.75 Å². The minimum atomic E-state index is 0.319. The van der Waals surface area contributed by atoms with Gasteiger partial charge in [-0.2, -0.15) is 0 Å².